The fourth-order valence-electron chi connectivity index (χ4n) is 4.81. The van der Waals surface area contributed by atoms with Crippen molar-refractivity contribution in [3.8, 4) is 17.2 Å². The van der Waals surface area contributed by atoms with Crippen LogP contribution in [0.1, 0.15) is 55.5 Å². The van der Waals surface area contributed by atoms with Gasteiger partial charge < -0.3 is 19.4 Å². The maximum Gasteiger partial charge on any atom is 0.226 e. The lowest BCUT2D eigenvalue weighted by Gasteiger charge is -2.41. The highest BCUT2D eigenvalue weighted by atomic mass is 16.5. The molecule has 2 heterocycles. The minimum atomic E-state index is -0.353. The summed E-state index contributed by atoms with van der Waals surface area (Å²) < 4.78 is 11.3. The molecule has 36 heavy (non-hydrogen) atoms. The van der Waals surface area contributed by atoms with E-state index in [0.29, 0.717) is 44.0 Å². The van der Waals surface area contributed by atoms with E-state index in [-0.39, 0.29) is 23.8 Å². The number of oxazole rings is 1. The predicted molar refractivity (Wildman–Crippen MR) is 138 cm³/mol. The molecule has 1 aliphatic heterocycles. The number of ether oxygens (including phenoxy) is 1. The Morgan fingerprint density at radius 3 is 2.72 bits per heavy atom. The number of benzene rings is 2. The standard InChI is InChI=1S/C29H35N3O4/c1-4-5-18-32-26(33)15-14-24(27(32)23-8-6-7-9-25(23)35-3)28(34)30-17-16-22-19-36-29(31-22)21-12-10-20(2)11-13-21/h6-13,19,24,27H,4-5,14-18H2,1-3H3,(H,30,34)/t24-,27+/m0/s1. The van der Waals surface area contributed by atoms with Crippen molar-refractivity contribution in [1.82, 2.24) is 15.2 Å². The Morgan fingerprint density at radius 2 is 1.97 bits per heavy atom. The van der Waals surface area contributed by atoms with Crippen LogP contribution in [-0.4, -0.2) is 41.9 Å². The van der Waals surface area contributed by atoms with Gasteiger partial charge in [-0.15, -0.1) is 0 Å². The summed E-state index contributed by atoms with van der Waals surface area (Å²) in [5, 5.41) is 3.09. The van der Waals surface area contributed by atoms with Crippen LogP contribution in [0, 0.1) is 12.8 Å². The molecule has 1 aliphatic rings. The Bertz CT molecular complexity index is 1170. The van der Waals surface area contributed by atoms with Gasteiger partial charge in [0.1, 0.15) is 12.0 Å². The number of aromatic nitrogens is 1. The van der Waals surface area contributed by atoms with Gasteiger partial charge in [-0.25, -0.2) is 4.98 Å². The number of unbranched alkanes of at least 4 members (excludes halogenated alkanes) is 1. The van der Waals surface area contributed by atoms with E-state index in [1.165, 1.54) is 5.56 Å². The second-order valence-corrected chi connectivity index (χ2v) is 9.32. The lowest BCUT2D eigenvalue weighted by atomic mass is 9.83. The summed E-state index contributed by atoms with van der Waals surface area (Å²) in [7, 11) is 1.62. The number of likely N-dealkylation sites (tertiary alicyclic amines) is 1. The number of piperidine rings is 1. The van der Waals surface area contributed by atoms with Crippen LogP contribution in [0.2, 0.25) is 0 Å². The van der Waals surface area contributed by atoms with Gasteiger partial charge in [0, 0.05) is 37.1 Å². The Hall–Kier alpha value is -3.61. The van der Waals surface area contributed by atoms with Crippen molar-refractivity contribution in [2.75, 3.05) is 20.2 Å². The molecule has 0 unspecified atom stereocenters. The van der Waals surface area contributed by atoms with Crippen LogP contribution < -0.4 is 10.1 Å². The molecule has 0 aliphatic carbocycles. The average molecular weight is 490 g/mol. The second-order valence-electron chi connectivity index (χ2n) is 9.32. The first-order valence-corrected chi connectivity index (χ1v) is 12.7. The maximum atomic E-state index is 13.4. The fraction of sp³-hybridized carbons (Fsp3) is 0.414. The Morgan fingerprint density at radius 1 is 1.19 bits per heavy atom. The third-order valence-corrected chi connectivity index (χ3v) is 6.78. The number of aryl methyl sites for hydroxylation is 1. The first-order valence-electron chi connectivity index (χ1n) is 12.7. The van der Waals surface area contributed by atoms with Gasteiger partial charge in [-0.2, -0.15) is 0 Å². The minimum absolute atomic E-state index is 0.0536. The number of carbonyl (C=O) groups excluding carboxylic acids is 2. The van der Waals surface area contributed by atoms with Crippen LogP contribution >= 0.6 is 0 Å². The van der Waals surface area contributed by atoms with Crippen molar-refractivity contribution in [1.29, 1.82) is 0 Å². The summed E-state index contributed by atoms with van der Waals surface area (Å²) >= 11 is 0. The second kappa shape index (κ2) is 11.9. The zero-order valence-electron chi connectivity index (χ0n) is 21.3. The van der Waals surface area contributed by atoms with Gasteiger partial charge in [0.25, 0.3) is 0 Å². The molecule has 0 spiro atoms. The largest absolute Gasteiger partial charge is 0.496 e. The molecule has 0 radical (unpaired) electrons. The quantitative estimate of drug-likeness (QED) is 0.428. The van der Waals surface area contributed by atoms with E-state index < -0.39 is 0 Å². The molecular formula is C29H35N3O4. The molecule has 2 amide bonds. The molecule has 0 bridgehead atoms. The number of amides is 2. The molecule has 1 N–H and O–H groups in total. The molecule has 190 valence electrons. The molecule has 7 nitrogen and oxygen atoms in total. The number of para-hydroxylation sites is 1. The van der Waals surface area contributed by atoms with Gasteiger partial charge in [0.05, 0.1) is 24.8 Å². The number of carbonyl (C=O) groups is 2. The number of rotatable bonds is 10. The molecule has 2 atom stereocenters. The third kappa shape index (κ3) is 5.78. The van der Waals surface area contributed by atoms with E-state index in [4.69, 9.17) is 9.15 Å². The molecule has 1 fully saturated rings. The van der Waals surface area contributed by atoms with Crippen molar-refractivity contribution in [2.24, 2.45) is 5.92 Å². The van der Waals surface area contributed by atoms with Gasteiger partial charge in [-0.05, 0) is 38.0 Å². The topological polar surface area (TPSA) is 84.7 Å². The smallest absolute Gasteiger partial charge is 0.226 e. The highest BCUT2D eigenvalue weighted by Gasteiger charge is 2.41. The summed E-state index contributed by atoms with van der Waals surface area (Å²) in [6, 6.07) is 15.3. The Balaban J connectivity index is 1.46. The SMILES string of the molecule is CCCCN1C(=O)CC[C@H](C(=O)NCCc2coc(-c3ccc(C)cc3)n2)[C@H]1c1ccccc1OC. The van der Waals surface area contributed by atoms with E-state index >= 15 is 0 Å². The minimum Gasteiger partial charge on any atom is -0.496 e. The molecule has 0 saturated carbocycles. The van der Waals surface area contributed by atoms with Crippen molar-refractivity contribution < 1.29 is 18.7 Å². The number of nitrogens with zero attached hydrogens (tertiary/aromatic N) is 2. The predicted octanol–water partition coefficient (Wildman–Crippen LogP) is 5.10. The molecule has 7 heteroatoms. The van der Waals surface area contributed by atoms with Gasteiger partial charge in [0.2, 0.25) is 17.7 Å². The molecule has 1 aromatic heterocycles. The van der Waals surface area contributed by atoms with Gasteiger partial charge >= 0.3 is 0 Å². The molecule has 1 saturated heterocycles. The van der Waals surface area contributed by atoms with Crippen LogP contribution in [0.4, 0.5) is 0 Å². The van der Waals surface area contributed by atoms with E-state index in [0.717, 1.165) is 29.7 Å². The average Bonchev–Trinajstić information content (AvgIpc) is 3.37. The van der Waals surface area contributed by atoms with Gasteiger partial charge in [-0.1, -0.05) is 49.2 Å². The first kappa shape index (κ1) is 25.5. The Kier molecular flexibility index (Phi) is 8.41. The number of hydrogen-bond acceptors (Lipinski definition) is 5. The highest BCUT2D eigenvalue weighted by Crippen LogP contribution is 2.40. The lowest BCUT2D eigenvalue weighted by Crippen LogP contribution is -2.48. The number of methoxy groups -OCH3 is 1. The molecule has 3 aromatic rings. The van der Waals surface area contributed by atoms with Gasteiger partial charge in [0.15, 0.2) is 0 Å². The van der Waals surface area contributed by atoms with E-state index in [2.05, 4.69) is 17.2 Å². The summed E-state index contributed by atoms with van der Waals surface area (Å²) in [6.07, 6.45) is 4.95. The number of nitrogens with one attached hydrogen (secondary N) is 1. The highest BCUT2D eigenvalue weighted by molar-refractivity contribution is 5.85. The van der Waals surface area contributed by atoms with E-state index in [1.54, 1.807) is 13.4 Å². The van der Waals surface area contributed by atoms with Crippen LogP contribution in [-0.2, 0) is 16.0 Å². The van der Waals surface area contributed by atoms with Crippen LogP contribution in [0.3, 0.4) is 0 Å². The van der Waals surface area contributed by atoms with Crippen LogP contribution in [0.15, 0.2) is 59.2 Å². The van der Waals surface area contributed by atoms with Crippen LogP contribution in [0.5, 0.6) is 5.75 Å². The summed E-state index contributed by atoms with van der Waals surface area (Å²) in [6.45, 7) is 5.21. The maximum absolute atomic E-state index is 13.4. The Labute approximate surface area is 212 Å². The monoisotopic (exact) mass is 489 g/mol. The summed E-state index contributed by atoms with van der Waals surface area (Å²) in [4.78, 5) is 32.8. The zero-order valence-corrected chi connectivity index (χ0v) is 21.3. The summed E-state index contributed by atoms with van der Waals surface area (Å²) in [5.74, 6) is 0.959. The third-order valence-electron chi connectivity index (χ3n) is 6.78. The van der Waals surface area contributed by atoms with Crippen molar-refractivity contribution >= 4 is 11.8 Å². The fourth-order valence-corrected chi connectivity index (χ4v) is 4.81. The zero-order chi connectivity index (χ0) is 25.5. The summed E-state index contributed by atoms with van der Waals surface area (Å²) in [5.41, 5.74) is 3.77. The van der Waals surface area contributed by atoms with Crippen molar-refractivity contribution in [3.63, 3.8) is 0 Å². The molecule has 2 aromatic carbocycles. The molecule has 4 rings (SSSR count). The normalized spacial score (nSPS) is 17.8. The first-order chi connectivity index (χ1) is 17.5. The number of hydrogen-bond donors (Lipinski definition) is 1. The van der Waals surface area contributed by atoms with E-state index in [1.807, 2.05) is 60.4 Å². The molecular weight excluding hydrogens is 454 g/mol. The van der Waals surface area contributed by atoms with Crippen molar-refractivity contribution in [2.45, 2.75) is 52.0 Å². The van der Waals surface area contributed by atoms with Crippen molar-refractivity contribution in [3.05, 3.63) is 71.6 Å². The van der Waals surface area contributed by atoms with E-state index in [9.17, 15) is 9.59 Å². The van der Waals surface area contributed by atoms with Gasteiger partial charge in [-0.3, -0.25) is 9.59 Å². The van der Waals surface area contributed by atoms with Crippen LogP contribution in [0.25, 0.3) is 11.5 Å². The lowest BCUT2D eigenvalue weighted by molar-refractivity contribution is -0.143.